The lowest BCUT2D eigenvalue weighted by Crippen LogP contribution is -2.31. The van der Waals surface area contributed by atoms with Gasteiger partial charge in [0.2, 0.25) is 5.88 Å². The summed E-state index contributed by atoms with van der Waals surface area (Å²) in [5.74, 6) is 0.683. The second kappa shape index (κ2) is 8.07. The maximum Gasteiger partial charge on any atom is 0.212 e. The Morgan fingerprint density at radius 2 is 2.12 bits per heavy atom. The molecule has 1 aromatic heterocycles. The number of hydrogen-bond acceptors (Lipinski definition) is 3. The van der Waals surface area contributed by atoms with E-state index in [9.17, 15) is 0 Å². The Kier molecular flexibility index (Phi) is 6.63. The first-order chi connectivity index (χ1) is 8.30. The minimum Gasteiger partial charge on any atom is -0.481 e. The topological polar surface area (TPSA) is 34.1 Å². The zero-order chi connectivity index (χ0) is 12.5. The van der Waals surface area contributed by atoms with Crippen molar-refractivity contribution >= 4 is 0 Å². The Bertz CT molecular complexity index is 298. The predicted octanol–water partition coefficient (Wildman–Crippen LogP) is 2.80. The van der Waals surface area contributed by atoms with E-state index < -0.39 is 0 Å². The average Bonchev–Trinajstić information content (AvgIpc) is 2.37. The third-order valence-corrected chi connectivity index (χ3v) is 2.81. The Labute approximate surface area is 105 Å². The second-order valence-corrected chi connectivity index (χ2v) is 4.35. The lowest BCUT2D eigenvalue weighted by atomic mass is 10.0. The van der Waals surface area contributed by atoms with Gasteiger partial charge in [-0.3, -0.25) is 0 Å². The summed E-state index contributed by atoms with van der Waals surface area (Å²) in [6.07, 6.45) is 6.57. The first-order valence-corrected chi connectivity index (χ1v) is 6.52. The minimum absolute atomic E-state index is 0.565. The lowest BCUT2D eigenvalue weighted by Gasteiger charge is -2.17. The summed E-state index contributed by atoms with van der Waals surface area (Å²) in [4.78, 5) is 4.24. The number of hydrogen-bond donors (Lipinski definition) is 1. The number of methoxy groups -OCH3 is 1. The smallest absolute Gasteiger partial charge is 0.212 e. The Hall–Kier alpha value is -1.09. The van der Waals surface area contributed by atoms with Gasteiger partial charge in [-0.2, -0.15) is 0 Å². The molecule has 0 saturated carbocycles. The van der Waals surface area contributed by atoms with Crippen molar-refractivity contribution in [3.8, 4) is 5.88 Å². The van der Waals surface area contributed by atoms with E-state index >= 15 is 0 Å². The Morgan fingerprint density at radius 3 is 2.65 bits per heavy atom. The molecule has 0 aromatic carbocycles. The Balaban J connectivity index is 2.51. The summed E-state index contributed by atoms with van der Waals surface area (Å²) in [5.41, 5.74) is 1.27. The van der Waals surface area contributed by atoms with Crippen LogP contribution in [0.2, 0.25) is 0 Å². The van der Waals surface area contributed by atoms with E-state index in [4.69, 9.17) is 4.74 Å². The van der Waals surface area contributed by atoms with Crippen LogP contribution in [-0.2, 0) is 6.42 Å². The van der Waals surface area contributed by atoms with Gasteiger partial charge in [0.05, 0.1) is 7.11 Å². The number of pyridine rings is 1. The quantitative estimate of drug-likeness (QED) is 0.753. The van der Waals surface area contributed by atoms with Crippen LogP contribution >= 0.6 is 0 Å². The van der Waals surface area contributed by atoms with Gasteiger partial charge in [-0.05, 0) is 31.4 Å². The van der Waals surface area contributed by atoms with Crippen molar-refractivity contribution < 1.29 is 4.74 Å². The molecule has 0 spiro atoms. The summed E-state index contributed by atoms with van der Waals surface area (Å²) in [6, 6.07) is 4.59. The molecule has 0 bridgehead atoms. The highest BCUT2D eigenvalue weighted by molar-refractivity contribution is 5.18. The monoisotopic (exact) mass is 236 g/mol. The van der Waals surface area contributed by atoms with Crippen LogP contribution in [0.1, 0.15) is 38.7 Å². The predicted molar refractivity (Wildman–Crippen MR) is 71.5 cm³/mol. The molecule has 1 heterocycles. The highest BCUT2D eigenvalue weighted by Crippen LogP contribution is 2.10. The van der Waals surface area contributed by atoms with Crippen molar-refractivity contribution in [1.82, 2.24) is 10.3 Å². The molecule has 1 aromatic rings. The van der Waals surface area contributed by atoms with Crippen molar-refractivity contribution in [2.45, 2.75) is 45.6 Å². The molecule has 17 heavy (non-hydrogen) atoms. The molecule has 0 amide bonds. The van der Waals surface area contributed by atoms with Crippen molar-refractivity contribution in [2.24, 2.45) is 0 Å². The molecule has 0 aliphatic rings. The van der Waals surface area contributed by atoms with E-state index in [1.54, 1.807) is 7.11 Å². The third kappa shape index (κ3) is 5.18. The Morgan fingerprint density at radius 1 is 1.29 bits per heavy atom. The molecular weight excluding hydrogens is 212 g/mol. The molecule has 0 aliphatic heterocycles. The fraction of sp³-hybridized carbons (Fsp3) is 0.643. The van der Waals surface area contributed by atoms with Crippen LogP contribution in [0, 0.1) is 0 Å². The number of aromatic nitrogens is 1. The molecule has 1 N–H and O–H groups in total. The van der Waals surface area contributed by atoms with E-state index in [2.05, 4.69) is 30.2 Å². The van der Waals surface area contributed by atoms with Crippen LogP contribution in [-0.4, -0.2) is 24.7 Å². The zero-order valence-corrected chi connectivity index (χ0v) is 11.2. The SMILES string of the molecule is CCCNC(CCC)Cc1ccc(OC)nc1. The van der Waals surface area contributed by atoms with Crippen LogP contribution < -0.4 is 10.1 Å². The van der Waals surface area contributed by atoms with Gasteiger partial charge >= 0.3 is 0 Å². The molecule has 0 aliphatic carbocycles. The summed E-state index contributed by atoms with van der Waals surface area (Å²) >= 11 is 0. The van der Waals surface area contributed by atoms with Crippen molar-refractivity contribution in [2.75, 3.05) is 13.7 Å². The third-order valence-electron chi connectivity index (χ3n) is 2.81. The normalized spacial score (nSPS) is 12.4. The molecule has 0 radical (unpaired) electrons. The molecular formula is C14H24N2O. The van der Waals surface area contributed by atoms with Gasteiger partial charge in [-0.25, -0.2) is 4.98 Å². The zero-order valence-electron chi connectivity index (χ0n) is 11.2. The highest BCUT2D eigenvalue weighted by Gasteiger charge is 2.08. The molecule has 1 atom stereocenters. The summed E-state index contributed by atoms with van der Waals surface area (Å²) in [7, 11) is 1.64. The summed E-state index contributed by atoms with van der Waals surface area (Å²) in [6.45, 7) is 5.52. The molecule has 0 fully saturated rings. The maximum atomic E-state index is 5.06. The summed E-state index contributed by atoms with van der Waals surface area (Å²) < 4.78 is 5.06. The van der Waals surface area contributed by atoms with Crippen LogP contribution in [0.25, 0.3) is 0 Å². The standard InChI is InChI=1S/C14H24N2O/c1-4-6-13(15-9-5-2)10-12-7-8-14(17-3)16-11-12/h7-8,11,13,15H,4-6,9-10H2,1-3H3. The first kappa shape index (κ1) is 14.0. The molecule has 1 unspecified atom stereocenters. The van der Waals surface area contributed by atoms with Gasteiger partial charge in [-0.15, -0.1) is 0 Å². The van der Waals surface area contributed by atoms with Gasteiger partial charge in [0.15, 0.2) is 0 Å². The number of nitrogens with zero attached hydrogens (tertiary/aromatic N) is 1. The number of nitrogens with one attached hydrogen (secondary N) is 1. The van der Waals surface area contributed by atoms with Gasteiger partial charge in [0.25, 0.3) is 0 Å². The van der Waals surface area contributed by atoms with Gasteiger partial charge in [0, 0.05) is 18.3 Å². The van der Waals surface area contributed by atoms with E-state index in [1.165, 1.54) is 24.8 Å². The van der Waals surface area contributed by atoms with Gasteiger partial charge in [-0.1, -0.05) is 26.3 Å². The molecule has 1 rings (SSSR count). The first-order valence-electron chi connectivity index (χ1n) is 6.52. The van der Waals surface area contributed by atoms with Crippen molar-refractivity contribution in [3.05, 3.63) is 23.9 Å². The number of rotatable bonds is 8. The molecule has 0 saturated heterocycles. The van der Waals surface area contributed by atoms with Crippen LogP contribution in [0.15, 0.2) is 18.3 Å². The van der Waals surface area contributed by atoms with Gasteiger partial charge in [0.1, 0.15) is 0 Å². The average molecular weight is 236 g/mol. The van der Waals surface area contributed by atoms with Gasteiger partial charge < -0.3 is 10.1 Å². The van der Waals surface area contributed by atoms with Crippen LogP contribution in [0.3, 0.4) is 0 Å². The number of ether oxygens (including phenoxy) is 1. The highest BCUT2D eigenvalue weighted by atomic mass is 16.5. The van der Waals surface area contributed by atoms with E-state index in [-0.39, 0.29) is 0 Å². The van der Waals surface area contributed by atoms with Crippen molar-refractivity contribution in [3.63, 3.8) is 0 Å². The van der Waals surface area contributed by atoms with Crippen LogP contribution in [0.5, 0.6) is 5.88 Å². The summed E-state index contributed by atoms with van der Waals surface area (Å²) in [5, 5.41) is 3.59. The fourth-order valence-electron chi connectivity index (χ4n) is 1.91. The second-order valence-electron chi connectivity index (χ2n) is 4.35. The lowest BCUT2D eigenvalue weighted by molar-refractivity contribution is 0.397. The largest absolute Gasteiger partial charge is 0.481 e. The van der Waals surface area contributed by atoms with E-state index in [1.807, 2.05) is 12.3 Å². The molecule has 3 heteroatoms. The minimum atomic E-state index is 0.565. The van der Waals surface area contributed by atoms with E-state index in [0.717, 1.165) is 13.0 Å². The maximum absolute atomic E-state index is 5.06. The fourth-order valence-corrected chi connectivity index (χ4v) is 1.91. The molecule has 96 valence electrons. The van der Waals surface area contributed by atoms with Crippen molar-refractivity contribution in [1.29, 1.82) is 0 Å². The molecule has 3 nitrogen and oxygen atoms in total. The van der Waals surface area contributed by atoms with E-state index in [0.29, 0.717) is 11.9 Å². The van der Waals surface area contributed by atoms with Crippen LogP contribution in [0.4, 0.5) is 0 Å².